The van der Waals surface area contributed by atoms with Crippen LogP contribution in [0.4, 0.5) is 15.8 Å². The van der Waals surface area contributed by atoms with E-state index < -0.39 is 10.7 Å². The smallest absolute Gasteiger partial charge is 0.295 e. The van der Waals surface area contributed by atoms with E-state index in [1.165, 1.54) is 0 Å². The number of rotatable bonds is 4. The third-order valence-electron chi connectivity index (χ3n) is 5.44. The van der Waals surface area contributed by atoms with Crippen LogP contribution in [-0.2, 0) is 0 Å². The van der Waals surface area contributed by atoms with E-state index in [4.69, 9.17) is 0 Å². The first-order valence-corrected chi connectivity index (χ1v) is 8.56. The van der Waals surface area contributed by atoms with Crippen molar-refractivity contribution in [3.05, 3.63) is 33.6 Å². The van der Waals surface area contributed by atoms with Gasteiger partial charge in [0, 0.05) is 31.2 Å². The lowest BCUT2D eigenvalue weighted by Gasteiger charge is -2.42. The third kappa shape index (κ3) is 3.37. The molecule has 7 heteroatoms. The van der Waals surface area contributed by atoms with Gasteiger partial charge in [0.05, 0.1) is 11.0 Å². The molecule has 0 bridgehead atoms. The zero-order chi connectivity index (χ0) is 17.3. The molecule has 3 rings (SSSR count). The second-order valence-corrected chi connectivity index (χ2v) is 7.21. The number of nitro groups is 1. The number of likely N-dealkylation sites (tertiary alicyclic amines) is 1. The van der Waals surface area contributed by atoms with Crippen molar-refractivity contribution >= 4 is 11.4 Å². The Morgan fingerprint density at radius 3 is 2.71 bits per heavy atom. The van der Waals surface area contributed by atoms with Crippen LogP contribution in [0.15, 0.2) is 12.1 Å². The lowest BCUT2D eigenvalue weighted by atomic mass is 9.94. The fraction of sp³-hybridized carbons (Fsp3) is 0.647. The Hall–Kier alpha value is -1.73. The Labute approximate surface area is 141 Å². The summed E-state index contributed by atoms with van der Waals surface area (Å²) in [7, 11) is 0. The molecule has 0 amide bonds. The van der Waals surface area contributed by atoms with Crippen molar-refractivity contribution in [3.8, 4) is 0 Å². The van der Waals surface area contributed by atoms with Gasteiger partial charge in [0.15, 0.2) is 0 Å². The number of hydrogen-bond acceptors (Lipinski definition) is 5. The van der Waals surface area contributed by atoms with Gasteiger partial charge in [-0.05, 0) is 51.3 Å². The van der Waals surface area contributed by atoms with E-state index in [9.17, 15) is 14.5 Å². The quantitative estimate of drug-likeness (QED) is 0.653. The van der Waals surface area contributed by atoms with E-state index in [0.29, 0.717) is 11.3 Å². The van der Waals surface area contributed by atoms with Crippen molar-refractivity contribution in [2.45, 2.75) is 44.7 Å². The number of nitrogens with one attached hydrogen (secondary N) is 2. The average molecular weight is 336 g/mol. The number of hydrogen-bond donors (Lipinski definition) is 2. The van der Waals surface area contributed by atoms with Gasteiger partial charge in [-0.15, -0.1) is 0 Å². The number of nitro benzene ring substituents is 1. The van der Waals surface area contributed by atoms with Crippen molar-refractivity contribution in [3.63, 3.8) is 0 Å². The summed E-state index contributed by atoms with van der Waals surface area (Å²) in [6, 6.07) is 2.74. The van der Waals surface area contributed by atoms with Gasteiger partial charge in [-0.2, -0.15) is 0 Å². The second kappa shape index (κ2) is 6.64. The summed E-state index contributed by atoms with van der Waals surface area (Å²) in [5.41, 5.74) is 0.882. The zero-order valence-corrected chi connectivity index (χ0v) is 14.3. The van der Waals surface area contributed by atoms with Crippen molar-refractivity contribution in [1.82, 2.24) is 10.2 Å². The number of halogens is 1. The first-order valence-electron chi connectivity index (χ1n) is 8.56. The summed E-state index contributed by atoms with van der Waals surface area (Å²) in [4.78, 5) is 13.2. The summed E-state index contributed by atoms with van der Waals surface area (Å²) in [6.07, 6.45) is 3.03. The molecule has 2 aliphatic heterocycles. The summed E-state index contributed by atoms with van der Waals surface area (Å²) >= 11 is 0. The largest absolute Gasteiger partial charge is 0.377 e. The molecule has 0 spiro atoms. The Balaban J connectivity index is 1.66. The van der Waals surface area contributed by atoms with Gasteiger partial charge >= 0.3 is 0 Å². The number of anilines is 1. The minimum atomic E-state index is -0.538. The van der Waals surface area contributed by atoms with Gasteiger partial charge in [0.25, 0.3) is 5.69 Å². The van der Waals surface area contributed by atoms with Crippen LogP contribution in [0.5, 0.6) is 0 Å². The summed E-state index contributed by atoms with van der Waals surface area (Å²) < 4.78 is 13.6. The lowest BCUT2D eigenvalue weighted by molar-refractivity contribution is -0.384. The number of piperidine rings is 1. The molecule has 1 aromatic rings. The summed E-state index contributed by atoms with van der Waals surface area (Å²) in [6.45, 7) is 7.97. The molecule has 0 saturated carbocycles. The van der Waals surface area contributed by atoms with Gasteiger partial charge in [-0.25, -0.2) is 4.39 Å². The van der Waals surface area contributed by atoms with E-state index in [2.05, 4.69) is 22.5 Å². The summed E-state index contributed by atoms with van der Waals surface area (Å²) in [5.74, 6) is -0.538. The molecular weight excluding hydrogens is 311 g/mol. The highest BCUT2D eigenvalue weighted by molar-refractivity contribution is 5.63. The molecule has 132 valence electrons. The van der Waals surface area contributed by atoms with Gasteiger partial charge < -0.3 is 10.6 Å². The van der Waals surface area contributed by atoms with Crippen LogP contribution in [0.25, 0.3) is 0 Å². The topological polar surface area (TPSA) is 70.4 Å². The van der Waals surface area contributed by atoms with Crippen LogP contribution in [-0.4, -0.2) is 47.6 Å². The molecule has 1 unspecified atom stereocenters. The molecule has 1 atom stereocenters. The molecule has 2 aliphatic rings. The van der Waals surface area contributed by atoms with E-state index >= 15 is 0 Å². The maximum absolute atomic E-state index is 13.6. The van der Waals surface area contributed by atoms with Crippen LogP contribution in [0.2, 0.25) is 0 Å². The zero-order valence-electron chi connectivity index (χ0n) is 14.3. The Bertz CT molecular complexity index is 623. The number of nitrogens with zero attached hydrogens (tertiary/aromatic N) is 2. The molecule has 0 aliphatic carbocycles. The van der Waals surface area contributed by atoms with Crippen LogP contribution in [0.1, 0.15) is 31.7 Å². The maximum atomic E-state index is 13.6. The standard InChI is InChI=1S/C17H25FN4O2/c1-12-9-15(16(22(23)24)10-14(12)18)20-13-3-7-21(8-4-13)17(2)5-6-19-11-17/h9-10,13,19-20H,3-8,11H2,1-2H3. The highest BCUT2D eigenvalue weighted by Gasteiger charge is 2.37. The average Bonchev–Trinajstić information content (AvgIpc) is 2.99. The van der Waals surface area contributed by atoms with E-state index in [1.807, 2.05) is 0 Å². The predicted molar refractivity (Wildman–Crippen MR) is 91.9 cm³/mol. The van der Waals surface area contributed by atoms with Gasteiger partial charge in [-0.1, -0.05) is 0 Å². The minimum Gasteiger partial charge on any atom is -0.377 e. The molecule has 1 aromatic carbocycles. The molecule has 0 aromatic heterocycles. The van der Waals surface area contributed by atoms with E-state index in [-0.39, 0.29) is 17.3 Å². The number of benzene rings is 1. The first-order chi connectivity index (χ1) is 11.4. The maximum Gasteiger partial charge on any atom is 0.295 e. The predicted octanol–water partition coefficient (Wildman–Crippen LogP) is 2.67. The molecule has 2 heterocycles. The highest BCUT2D eigenvalue weighted by Crippen LogP contribution is 2.31. The van der Waals surface area contributed by atoms with Crippen LogP contribution in [0, 0.1) is 22.9 Å². The van der Waals surface area contributed by atoms with E-state index in [0.717, 1.165) is 51.5 Å². The first kappa shape index (κ1) is 17.1. The molecule has 24 heavy (non-hydrogen) atoms. The third-order valence-corrected chi connectivity index (χ3v) is 5.44. The van der Waals surface area contributed by atoms with Gasteiger partial charge in [0.2, 0.25) is 0 Å². The van der Waals surface area contributed by atoms with Gasteiger partial charge in [0.1, 0.15) is 11.5 Å². The van der Waals surface area contributed by atoms with Crippen molar-refractivity contribution < 1.29 is 9.31 Å². The van der Waals surface area contributed by atoms with Crippen LogP contribution in [0.3, 0.4) is 0 Å². The van der Waals surface area contributed by atoms with Crippen molar-refractivity contribution in [2.24, 2.45) is 0 Å². The Morgan fingerprint density at radius 1 is 1.42 bits per heavy atom. The Kier molecular flexibility index (Phi) is 4.73. The molecule has 6 nitrogen and oxygen atoms in total. The highest BCUT2D eigenvalue weighted by atomic mass is 19.1. The van der Waals surface area contributed by atoms with Crippen LogP contribution < -0.4 is 10.6 Å². The Morgan fingerprint density at radius 2 is 2.12 bits per heavy atom. The van der Waals surface area contributed by atoms with Crippen molar-refractivity contribution in [2.75, 3.05) is 31.5 Å². The fourth-order valence-electron chi connectivity index (χ4n) is 3.79. The minimum absolute atomic E-state index is 0.183. The molecule has 2 N–H and O–H groups in total. The van der Waals surface area contributed by atoms with Crippen LogP contribution >= 0.6 is 0 Å². The fourth-order valence-corrected chi connectivity index (χ4v) is 3.79. The van der Waals surface area contributed by atoms with E-state index in [1.54, 1.807) is 13.0 Å². The molecule has 2 fully saturated rings. The second-order valence-electron chi connectivity index (χ2n) is 7.21. The lowest BCUT2D eigenvalue weighted by Crippen LogP contribution is -2.52. The normalized spacial score (nSPS) is 25.8. The SMILES string of the molecule is Cc1cc(NC2CCN(C3(C)CCNC3)CC2)c([N+](=O)[O-])cc1F. The molecular formula is C17H25FN4O2. The number of aryl methyl sites for hydroxylation is 1. The summed E-state index contributed by atoms with van der Waals surface area (Å²) in [5, 5.41) is 17.9. The molecule has 0 radical (unpaired) electrons. The monoisotopic (exact) mass is 336 g/mol. The molecule has 2 saturated heterocycles. The van der Waals surface area contributed by atoms with Gasteiger partial charge in [-0.3, -0.25) is 15.0 Å². The van der Waals surface area contributed by atoms with Crippen molar-refractivity contribution in [1.29, 1.82) is 0 Å².